The van der Waals surface area contributed by atoms with Gasteiger partial charge in [-0.1, -0.05) is 18.6 Å². The van der Waals surface area contributed by atoms with E-state index in [2.05, 4.69) is 0 Å². The average Bonchev–Trinajstić information content (AvgIpc) is 3.37. The predicted molar refractivity (Wildman–Crippen MR) is 155 cm³/mol. The maximum absolute atomic E-state index is 15.2. The van der Waals surface area contributed by atoms with E-state index in [-0.39, 0.29) is 35.6 Å². The number of ether oxygens (including phenoxy) is 1. The fraction of sp³-hybridized carbons (Fsp3) is 0.375. The molecule has 47 heavy (non-hydrogen) atoms. The number of anilines is 1. The number of halogens is 7. The lowest BCUT2D eigenvalue weighted by molar-refractivity contribution is -0.140. The van der Waals surface area contributed by atoms with E-state index in [0.717, 1.165) is 4.90 Å². The number of alkyl halides is 2. The highest BCUT2D eigenvalue weighted by Gasteiger charge is 2.77. The summed E-state index contributed by atoms with van der Waals surface area (Å²) in [7, 11) is 0. The predicted octanol–water partition coefficient (Wildman–Crippen LogP) is 5.41. The SMILES string of the molecule is CCCN1C(=O)C2CC=C3C(CC4(Cl)C(=O)N(c5c(F)c(F)c(F)c(F)c5F)C(=O)C4(Cl)C3C3=COc4ccc(O)cc4C3)C2C1=O. The normalized spacial score (nSPS) is 31.2. The Bertz CT molecular complexity index is 1870. The highest BCUT2D eigenvalue weighted by molar-refractivity contribution is 6.58. The fourth-order valence-corrected chi connectivity index (χ4v) is 8.84. The van der Waals surface area contributed by atoms with Crippen LogP contribution in [0.4, 0.5) is 27.6 Å². The summed E-state index contributed by atoms with van der Waals surface area (Å²) < 4.78 is 78.8. The number of fused-ring (bicyclic) bond motifs is 5. The molecule has 5 aliphatic rings. The first kappa shape index (κ1) is 31.6. The van der Waals surface area contributed by atoms with Crippen LogP contribution < -0.4 is 9.64 Å². The van der Waals surface area contributed by atoms with E-state index in [1.807, 2.05) is 0 Å². The van der Waals surface area contributed by atoms with Crippen LogP contribution in [0.1, 0.15) is 31.7 Å². The summed E-state index contributed by atoms with van der Waals surface area (Å²) in [4.78, 5) is 51.2. The summed E-state index contributed by atoms with van der Waals surface area (Å²) in [6.45, 7) is 1.91. The zero-order valence-electron chi connectivity index (χ0n) is 24.3. The van der Waals surface area contributed by atoms with Crippen molar-refractivity contribution in [3.8, 4) is 11.5 Å². The van der Waals surface area contributed by atoms with Gasteiger partial charge in [0, 0.05) is 24.4 Å². The molecule has 1 saturated carbocycles. The number of amides is 4. The van der Waals surface area contributed by atoms with Crippen LogP contribution in [-0.4, -0.2) is 49.9 Å². The molecule has 3 heterocycles. The van der Waals surface area contributed by atoms with Gasteiger partial charge in [-0.25, -0.2) is 26.9 Å². The molecule has 246 valence electrons. The van der Waals surface area contributed by atoms with Gasteiger partial charge in [0.1, 0.15) is 17.2 Å². The number of hydrogen-bond donors (Lipinski definition) is 1. The summed E-state index contributed by atoms with van der Waals surface area (Å²) in [5.74, 6) is -20.4. The van der Waals surface area contributed by atoms with Gasteiger partial charge >= 0.3 is 0 Å². The topological polar surface area (TPSA) is 104 Å². The standard InChI is InChI=1S/C32H23Cl2F5N2O6/c1-2-7-40-27(43)16-5-4-15-17(19(16)28(40)44)10-31(33)29(45)41(26-24(38)22(36)21(35)23(37)25(26)39)30(46)32(31,34)20(15)13-8-12-9-14(42)3-6-18(12)47-11-13/h3-4,6,9,11,16-17,19-20,42H,2,5,7-8,10H2,1H3. The molecule has 3 fully saturated rings. The third-order valence-corrected chi connectivity index (χ3v) is 11.3. The number of carbonyl (C=O) groups excluding carboxylic acids is 4. The molecular weight excluding hydrogens is 674 g/mol. The van der Waals surface area contributed by atoms with E-state index >= 15 is 8.78 Å². The van der Waals surface area contributed by atoms with Crippen molar-refractivity contribution in [1.29, 1.82) is 0 Å². The van der Waals surface area contributed by atoms with Crippen LogP contribution in [-0.2, 0) is 25.6 Å². The first-order chi connectivity index (χ1) is 22.2. The fourth-order valence-electron chi connectivity index (χ4n) is 7.89. The molecular formula is C32H23Cl2F5N2O6. The summed E-state index contributed by atoms with van der Waals surface area (Å²) in [5, 5.41) is 10.1. The van der Waals surface area contributed by atoms with Gasteiger partial charge < -0.3 is 9.84 Å². The summed E-state index contributed by atoms with van der Waals surface area (Å²) >= 11 is 14.2. The van der Waals surface area contributed by atoms with Crippen molar-refractivity contribution in [3.63, 3.8) is 0 Å². The second kappa shape index (κ2) is 10.5. The van der Waals surface area contributed by atoms with Crippen LogP contribution in [0, 0.1) is 52.8 Å². The van der Waals surface area contributed by atoms with E-state index in [4.69, 9.17) is 27.9 Å². The number of phenolic OH excluding ortho intramolecular Hbond substituents is 1. The van der Waals surface area contributed by atoms with E-state index in [9.17, 15) is 37.5 Å². The average molecular weight is 697 g/mol. The lowest BCUT2D eigenvalue weighted by Crippen LogP contribution is -2.61. The highest BCUT2D eigenvalue weighted by atomic mass is 35.5. The molecule has 7 rings (SSSR count). The monoisotopic (exact) mass is 696 g/mol. The van der Waals surface area contributed by atoms with Crippen molar-refractivity contribution in [2.24, 2.45) is 23.7 Å². The lowest BCUT2D eigenvalue weighted by atomic mass is 9.56. The molecule has 0 spiro atoms. The quantitative estimate of drug-likeness (QED) is 0.115. The number of phenols is 1. The maximum Gasteiger partial charge on any atom is 0.258 e. The van der Waals surface area contributed by atoms with Crippen LogP contribution >= 0.6 is 23.2 Å². The first-order valence-electron chi connectivity index (χ1n) is 14.7. The molecule has 6 atom stereocenters. The second-order valence-electron chi connectivity index (χ2n) is 12.3. The molecule has 2 saturated heterocycles. The Labute approximate surface area is 273 Å². The number of rotatable bonds is 4. The van der Waals surface area contributed by atoms with E-state index in [1.54, 1.807) is 13.0 Å². The largest absolute Gasteiger partial charge is 0.508 e. The Hall–Kier alpha value is -3.97. The van der Waals surface area contributed by atoms with Gasteiger partial charge in [0.2, 0.25) is 17.6 Å². The Kier molecular flexibility index (Phi) is 7.07. The third kappa shape index (κ3) is 3.98. The van der Waals surface area contributed by atoms with Gasteiger partial charge in [0.05, 0.1) is 18.1 Å². The van der Waals surface area contributed by atoms with Gasteiger partial charge in [0.25, 0.3) is 11.8 Å². The minimum atomic E-state index is -2.64. The molecule has 4 amide bonds. The number of benzene rings is 2. The molecule has 0 radical (unpaired) electrons. The van der Waals surface area contributed by atoms with Gasteiger partial charge in [-0.2, -0.15) is 0 Å². The van der Waals surface area contributed by atoms with Crippen LogP contribution in [0.15, 0.2) is 41.7 Å². The van der Waals surface area contributed by atoms with Crippen LogP contribution in [0.5, 0.6) is 11.5 Å². The summed E-state index contributed by atoms with van der Waals surface area (Å²) in [5.41, 5.74) is -0.880. The molecule has 3 aliphatic heterocycles. The number of carbonyl (C=O) groups is 4. The van der Waals surface area contributed by atoms with Crippen molar-refractivity contribution in [1.82, 2.24) is 4.90 Å². The summed E-state index contributed by atoms with van der Waals surface area (Å²) in [6.07, 6.45) is 2.75. The number of hydrogen-bond acceptors (Lipinski definition) is 6. The van der Waals surface area contributed by atoms with Crippen molar-refractivity contribution < 1.29 is 51.0 Å². The minimum absolute atomic E-state index is 0.0488. The van der Waals surface area contributed by atoms with Crippen molar-refractivity contribution >= 4 is 52.5 Å². The van der Waals surface area contributed by atoms with E-state index < -0.39 is 98.2 Å². The summed E-state index contributed by atoms with van der Waals surface area (Å²) in [6, 6.07) is 4.23. The molecule has 0 bridgehead atoms. The molecule has 0 aromatic heterocycles. The Morgan fingerprint density at radius 1 is 0.936 bits per heavy atom. The van der Waals surface area contributed by atoms with Gasteiger partial charge in [0.15, 0.2) is 33.0 Å². The van der Waals surface area contributed by atoms with Crippen LogP contribution in [0.3, 0.4) is 0 Å². The Morgan fingerprint density at radius 2 is 1.60 bits per heavy atom. The maximum atomic E-state index is 15.2. The highest BCUT2D eigenvalue weighted by Crippen LogP contribution is 2.65. The number of nitrogens with zero attached hydrogens (tertiary/aromatic N) is 2. The molecule has 2 aliphatic carbocycles. The number of allylic oxidation sites excluding steroid dienone is 3. The van der Waals surface area contributed by atoms with E-state index in [0.29, 0.717) is 23.3 Å². The smallest absolute Gasteiger partial charge is 0.258 e. The van der Waals surface area contributed by atoms with Gasteiger partial charge in [-0.15, -0.1) is 23.2 Å². The van der Waals surface area contributed by atoms with E-state index in [1.165, 1.54) is 24.5 Å². The molecule has 2 aromatic rings. The third-order valence-electron chi connectivity index (χ3n) is 9.91. The van der Waals surface area contributed by atoms with Crippen molar-refractivity contribution in [3.05, 3.63) is 76.3 Å². The van der Waals surface area contributed by atoms with Crippen molar-refractivity contribution in [2.75, 3.05) is 11.4 Å². The number of imide groups is 2. The number of aromatic hydroxyl groups is 1. The first-order valence-corrected chi connectivity index (χ1v) is 15.4. The second-order valence-corrected chi connectivity index (χ2v) is 13.5. The Balaban J connectivity index is 1.43. The zero-order valence-corrected chi connectivity index (χ0v) is 25.8. The Morgan fingerprint density at radius 3 is 2.26 bits per heavy atom. The molecule has 8 nitrogen and oxygen atoms in total. The van der Waals surface area contributed by atoms with Gasteiger partial charge in [-0.3, -0.25) is 24.1 Å². The van der Waals surface area contributed by atoms with Crippen molar-refractivity contribution in [2.45, 2.75) is 42.4 Å². The minimum Gasteiger partial charge on any atom is -0.508 e. The lowest BCUT2D eigenvalue weighted by Gasteiger charge is -2.51. The molecule has 6 unspecified atom stereocenters. The molecule has 1 N–H and O–H groups in total. The van der Waals surface area contributed by atoms with Crippen LogP contribution in [0.25, 0.3) is 0 Å². The zero-order chi connectivity index (χ0) is 33.9. The van der Waals surface area contributed by atoms with Gasteiger partial charge in [-0.05, 0) is 49.0 Å². The van der Waals surface area contributed by atoms with Crippen LogP contribution in [0.2, 0.25) is 0 Å². The molecule has 2 aromatic carbocycles. The number of likely N-dealkylation sites (tertiary alicyclic amines) is 1. The molecule has 15 heteroatoms.